The van der Waals surface area contributed by atoms with Gasteiger partial charge in [-0.3, -0.25) is 9.69 Å². The summed E-state index contributed by atoms with van der Waals surface area (Å²) in [6, 6.07) is 0.598. The van der Waals surface area contributed by atoms with Gasteiger partial charge in [-0.1, -0.05) is 0 Å². The smallest absolute Gasteiger partial charge is 0.228 e. The van der Waals surface area contributed by atoms with Gasteiger partial charge in [0.2, 0.25) is 5.91 Å². The Morgan fingerprint density at radius 2 is 2.00 bits per heavy atom. The van der Waals surface area contributed by atoms with E-state index in [1.165, 1.54) is 0 Å². The lowest BCUT2D eigenvalue weighted by molar-refractivity contribution is -0.147. The average Bonchev–Trinajstić information content (AvgIpc) is 2.39. The molecule has 3 aliphatic heterocycles. The number of ether oxygens (including phenoxy) is 1. The van der Waals surface area contributed by atoms with Gasteiger partial charge in [0, 0.05) is 51.9 Å². The van der Waals surface area contributed by atoms with Crippen LogP contribution in [0.1, 0.15) is 12.8 Å². The van der Waals surface area contributed by atoms with Crippen LogP contribution in [-0.2, 0) is 9.53 Å². The molecule has 5 heteroatoms. The number of amides is 1. The van der Waals surface area contributed by atoms with Crippen LogP contribution >= 0.6 is 0 Å². The lowest BCUT2D eigenvalue weighted by atomic mass is 9.97. The molecule has 3 saturated heterocycles. The molecule has 0 aromatic heterocycles. The molecule has 1 N–H and O–H groups in total. The van der Waals surface area contributed by atoms with Crippen molar-refractivity contribution in [1.82, 2.24) is 15.1 Å². The van der Waals surface area contributed by atoms with E-state index in [9.17, 15) is 4.79 Å². The molecule has 1 unspecified atom stereocenters. The fourth-order valence-corrected chi connectivity index (χ4v) is 3.11. The van der Waals surface area contributed by atoms with Crippen LogP contribution in [0.5, 0.6) is 0 Å². The third-order valence-electron chi connectivity index (χ3n) is 4.35. The molecule has 5 nitrogen and oxygen atoms in total. The SMILES string of the molecule is O=C(C1CCCOC1)N1CC(N2CCNCC2)C1. The highest BCUT2D eigenvalue weighted by atomic mass is 16.5. The van der Waals surface area contributed by atoms with E-state index in [2.05, 4.69) is 10.2 Å². The molecule has 1 amide bonds. The van der Waals surface area contributed by atoms with Gasteiger partial charge in [-0.25, -0.2) is 0 Å². The van der Waals surface area contributed by atoms with Gasteiger partial charge in [0.15, 0.2) is 0 Å². The Morgan fingerprint density at radius 1 is 1.22 bits per heavy atom. The molecule has 3 heterocycles. The molecule has 0 saturated carbocycles. The summed E-state index contributed by atoms with van der Waals surface area (Å²) in [6.45, 7) is 7.73. The van der Waals surface area contributed by atoms with E-state index < -0.39 is 0 Å². The number of hydrogen-bond acceptors (Lipinski definition) is 4. The van der Waals surface area contributed by atoms with E-state index in [1.807, 2.05) is 4.90 Å². The van der Waals surface area contributed by atoms with Crippen LogP contribution in [-0.4, -0.2) is 74.2 Å². The quantitative estimate of drug-likeness (QED) is 0.722. The van der Waals surface area contributed by atoms with Crippen LogP contribution in [0.2, 0.25) is 0 Å². The summed E-state index contributed by atoms with van der Waals surface area (Å²) in [5.74, 6) is 0.448. The summed E-state index contributed by atoms with van der Waals surface area (Å²) >= 11 is 0. The third kappa shape index (κ3) is 2.53. The van der Waals surface area contributed by atoms with Crippen LogP contribution in [0.3, 0.4) is 0 Å². The Morgan fingerprint density at radius 3 is 2.67 bits per heavy atom. The standard InChI is InChI=1S/C13H23N3O2/c17-13(11-2-1-7-18-10-11)16-8-12(9-16)15-5-3-14-4-6-15/h11-12,14H,1-10H2. The molecule has 0 bridgehead atoms. The maximum absolute atomic E-state index is 12.2. The number of nitrogens with zero attached hydrogens (tertiary/aromatic N) is 2. The molecule has 3 fully saturated rings. The van der Waals surface area contributed by atoms with Gasteiger partial charge < -0.3 is 15.0 Å². The lowest BCUT2D eigenvalue weighted by Gasteiger charge is -2.47. The Hall–Kier alpha value is -0.650. The number of carbonyl (C=O) groups is 1. The van der Waals surface area contributed by atoms with Gasteiger partial charge in [-0.15, -0.1) is 0 Å². The summed E-state index contributed by atoms with van der Waals surface area (Å²) < 4.78 is 5.40. The van der Waals surface area contributed by atoms with Gasteiger partial charge in [-0.05, 0) is 12.8 Å². The van der Waals surface area contributed by atoms with E-state index in [0.29, 0.717) is 18.6 Å². The minimum Gasteiger partial charge on any atom is -0.381 e. The van der Waals surface area contributed by atoms with Crippen molar-refractivity contribution in [2.75, 3.05) is 52.5 Å². The molecule has 102 valence electrons. The van der Waals surface area contributed by atoms with Crippen LogP contribution in [0.4, 0.5) is 0 Å². The fourth-order valence-electron chi connectivity index (χ4n) is 3.11. The van der Waals surface area contributed by atoms with Crippen LogP contribution in [0.15, 0.2) is 0 Å². The molecule has 0 radical (unpaired) electrons. The normalized spacial score (nSPS) is 31.1. The molecule has 18 heavy (non-hydrogen) atoms. The maximum atomic E-state index is 12.2. The zero-order valence-electron chi connectivity index (χ0n) is 10.9. The molecule has 0 aromatic rings. The first-order chi connectivity index (χ1) is 8.84. The molecule has 0 aliphatic carbocycles. The highest BCUT2D eigenvalue weighted by Gasteiger charge is 2.38. The van der Waals surface area contributed by atoms with E-state index in [-0.39, 0.29) is 5.92 Å². The van der Waals surface area contributed by atoms with Gasteiger partial charge in [0.1, 0.15) is 0 Å². The van der Waals surface area contributed by atoms with Gasteiger partial charge >= 0.3 is 0 Å². The van der Waals surface area contributed by atoms with Crippen LogP contribution in [0, 0.1) is 5.92 Å². The van der Waals surface area contributed by atoms with Gasteiger partial charge in [-0.2, -0.15) is 0 Å². The zero-order valence-corrected chi connectivity index (χ0v) is 10.9. The molecular weight excluding hydrogens is 230 g/mol. The highest BCUT2D eigenvalue weighted by Crippen LogP contribution is 2.22. The second-order valence-electron chi connectivity index (χ2n) is 5.60. The highest BCUT2D eigenvalue weighted by molar-refractivity contribution is 5.80. The Labute approximate surface area is 108 Å². The second kappa shape index (κ2) is 5.55. The largest absolute Gasteiger partial charge is 0.381 e. The first kappa shape index (κ1) is 12.4. The molecule has 1 atom stereocenters. The maximum Gasteiger partial charge on any atom is 0.228 e. The second-order valence-corrected chi connectivity index (χ2v) is 5.60. The third-order valence-corrected chi connectivity index (χ3v) is 4.35. The average molecular weight is 253 g/mol. The Balaban J connectivity index is 1.44. The molecule has 3 rings (SSSR count). The fraction of sp³-hybridized carbons (Fsp3) is 0.923. The first-order valence-electron chi connectivity index (χ1n) is 7.16. The minimum absolute atomic E-state index is 0.128. The van der Waals surface area contributed by atoms with Crippen LogP contribution in [0.25, 0.3) is 0 Å². The van der Waals surface area contributed by atoms with E-state index >= 15 is 0 Å². The number of rotatable bonds is 2. The summed E-state index contributed by atoms with van der Waals surface area (Å²) in [5.41, 5.74) is 0. The first-order valence-corrected chi connectivity index (χ1v) is 7.16. The van der Waals surface area contributed by atoms with E-state index in [0.717, 1.165) is 58.7 Å². The number of piperazine rings is 1. The zero-order chi connectivity index (χ0) is 12.4. The monoisotopic (exact) mass is 253 g/mol. The van der Waals surface area contributed by atoms with Crippen molar-refractivity contribution < 1.29 is 9.53 Å². The molecule has 0 spiro atoms. The number of carbonyl (C=O) groups excluding carboxylic acids is 1. The molecule has 0 aromatic carbocycles. The topological polar surface area (TPSA) is 44.8 Å². The summed E-state index contributed by atoms with van der Waals surface area (Å²) in [4.78, 5) is 16.8. The summed E-state index contributed by atoms with van der Waals surface area (Å²) in [5, 5.41) is 3.36. The van der Waals surface area contributed by atoms with Crippen molar-refractivity contribution >= 4 is 5.91 Å². The lowest BCUT2D eigenvalue weighted by Crippen LogP contribution is -2.64. The van der Waals surface area contributed by atoms with Crippen LogP contribution < -0.4 is 5.32 Å². The minimum atomic E-state index is 0.128. The van der Waals surface area contributed by atoms with E-state index in [1.54, 1.807) is 0 Å². The van der Waals surface area contributed by atoms with Crippen molar-refractivity contribution in [3.63, 3.8) is 0 Å². The number of hydrogen-bond donors (Lipinski definition) is 1. The van der Waals surface area contributed by atoms with Gasteiger partial charge in [0.25, 0.3) is 0 Å². The van der Waals surface area contributed by atoms with E-state index in [4.69, 9.17) is 4.74 Å². The van der Waals surface area contributed by atoms with Crippen molar-refractivity contribution in [2.24, 2.45) is 5.92 Å². The van der Waals surface area contributed by atoms with Crippen molar-refractivity contribution in [3.05, 3.63) is 0 Å². The molecular formula is C13H23N3O2. The summed E-state index contributed by atoms with van der Waals surface area (Å²) in [6.07, 6.45) is 2.04. The predicted molar refractivity (Wildman–Crippen MR) is 68.4 cm³/mol. The summed E-state index contributed by atoms with van der Waals surface area (Å²) in [7, 11) is 0. The predicted octanol–water partition coefficient (Wildman–Crippen LogP) is -0.471. The van der Waals surface area contributed by atoms with Crippen molar-refractivity contribution in [2.45, 2.75) is 18.9 Å². The number of nitrogens with one attached hydrogen (secondary N) is 1. The molecule has 3 aliphatic rings. The van der Waals surface area contributed by atoms with Crippen molar-refractivity contribution in [3.8, 4) is 0 Å². The van der Waals surface area contributed by atoms with Gasteiger partial charge in [0.05, 0.1) is 12.5 Å². The Kier molecular flexibility index (Phi) is 3.82. The number of likely N-dealkylation sites (tertiary alicyclic amines) is 1. The van der Waals surface area contributed by atoms with Crippen molar-refractivity contribution in [1.29, 1.82) is 0 Å². The Bertz CT molecular complexity index is 293.